The maximum atomic E-state index is 15.5. The largest absolute Gasteiger partial charge is 0.459 e. The van der Waals surface area contributed by atoms with Crippen molar-refractivity contribution in [2.75, 3.05) is 18.0 Å². The fourth-order valence-electron chi connectivity index (χ4n) is 4.85. The molecule has 4 aromatic rings. The molecule has 0 N–H and O–H groups in total. The Morgan fingerprint density at radius 3 is 2.63 bits per heavy atom. The number of ether oxygens (including phenoxy) is 1. The van der Waals surface area contributed by atoms with Gasteiger partial charge in [0.05, 0.1) is 11.4 Å². The third-order valence-electron chi connectivity index (χ3n) is 6.67. The molecule has 4 heterocycles. The van der Waals surface area contributed by atoms with E-state index < -0.39 is 45.9 Å². The Labute approximate surface area is 256 Å². The lowest BCUT2D eigenvalue weighted by Crippen LogP contribution is -2.56. The van der Waals surface area contributed by atoms with Gasteiger partial charge in [-0.05, 0) is 70.0 Å². The summed E-state index contributed by atoms with van der Waals surface area (Å²) in [6.45, 7) is 4.34. The Bertz CT molecular complexity index is 1890. The number of rotatable bonds is 7. The van der Waals surface area contributed by atoms with Gasteiger partial charge in [-0.3, -0.25) is 19.0 Å². The van der Waals surface area contributed by atoms with Gasteiger partial charge >= 0.3 is 5.97 Å². The Kier molecular flexibility index (Phi) is 8.45. The molecule has 0 saturated carbocycles. The zero-order valence-corrected chi connectivity index (χ0v) is 25.9. The van der Waals surface area contributed by atoms with E-state index in [1.54, 1.807) is 39.0 Å². The number of carbonyl (C=O) groups is 2. The molecule has 1 fully saturated rings. The van der Waals surface area contributed by atoms with Gasteiger partial charge in [0.25, 0.3) is 15.6 Å². The van der Waals surface area contributed by atoms with Gasteiger partial charge in [-0.2, -0.15) is 4.31 Å². The zero-order chi connectivity index (χ0) is 31.1. The van der Waals surface area contributed by atoms with E-state index in [1.165, 1.54) is 46.0 Å². The van der Waals surface area contributed by atoms with Crippen molar-refractivity contribution in [1.82, 2.24) is 13.9 Å². The summed E-state index contributed by atoms with van der Waals surface area (Å²) in [5, 5.41) is 0.716. The van der Waals surface area contributed by atoms with Gasteiger partial charge in [0, 0.05) is 30.3 Å². The monoisotopic (exact) mass is 646 g/mol. The molecule has 0 aliphatic carbocycles. The highest BCUT2D eigenvalue weighted by molar-refractivity contribution is 7.91. The first kappa shape index (κ1) is 30.8. The first-order valence-corrected chi connectivity index (χ1v) is 16.0. The standard InChI is InChI=1S/C29H28ClFN4O6S2/c1-29(2,3)41-25(37)17-35(43(39,40)26-15-18-9-12-23(30)32-27(18)42-26)22-7-6-14-34(28(22)38)21-11-10-19(16-20(21)31)33-13-5-4-8-24(33)36/h4-5,8-13,15-16,22H,6-7,14,17H2,1-3H3. The molecular weight excluding hydrogens is 619 g/mol. The van der Waals surface area contributed by atoms with Crippen molar-refractivity contribution in [2.45, 2.75) is 49.5 Å². The molecule has 14 heteroatoms. The quantitative estimate of drug-likeness (QED) is 0.210. The van der Waals surface area contributed by atoms with E-state index in [4.69, 9.17) is 16.3 Å². The van der Waals surface area contributed by atoms with Crippen LogP contribution in [0.25, 0.3) is 15.9 Å². The summed E-state index contributed by atoms with van der Waals surface area (Å²) >= 11 is 6.85. The summed E-state index contributed by atoms with van der Waals surface area (Å²) in [6, 6.07) is 11.8. The van der Waals surface area contributed by atoms with Gasteiger partial charge < -0.3 is 9.64 Å². The predicted octanol–water partition coefficient (Wildman–Crippen LogP) is 4.77. The topological polar surface area (TPSA) is 119 Å². The van der Waals surface area contributed by atoms with Crippen LogP contribution in [0.4, 0.5) is 10.1 Å². The second-order valence-electron chi connectivity index (χ2n) is 10.9. The second kappa shape index (κ2) is 11.8. The number of carbonyl (C=O) groups excluding carboxylic acids is 2. The SMILES string of the molecule is CC(C)(C)OC(=O)CN(C1CCCN(c2ccc(-n3ccccc3=O)cc2F)C1=O)S(=O)(=O)c1cc2ccc(Cl)nc2s1. The smallest absolute Gasteiger partial charge is 0.321 e. The van der Waals surface area contributed by atoms with Crippen LogP contribution in [-0.2, 0) is 24.3 Å². The number of pyridine rings is 2. The van der Waals surface area contributed by atoms with E-state index in [0.29, 0.717) is 16.6 Å². The normalized spacial score (nSPS) is 16.2. The molecule has 1 aromatic carbocycles. The molecule has 226 valence electrons. The number of halogens is 2. The van der Waals surface area contributed by atoms with Gasteiger partial charge in [-0.15, -0.1) is 11.3 Å². The third kappa shape index (κ3) is 6.49. The fourth-order valence-corrected chi connectivity index (χ4v) is 8.07. The van der Waals surface area contributed by atoms with Crippen LogP contribution in [0.15, 0.2) is 69.8 Å². The average molecular weight is 647 g/mol. The molecule has 5 rings (SSSR count). The number of esters is 1. The number of aromatic nitrogens is 2. The van der Waals surface area contributed by atoms with Crippen molar-refractivity contribution in [3.63, 3.8) is 0 Å². The maximum absolute atomic E-state index is 15.5. The number of hydrogen-bond acceptors (Lipinski definition) is 8. The van der Waals surface area contributed by atoms with Crippen LogP contribution >= 0.6 is 22.9 Å². The number of piperidine rings is 1. The van der Waals surface area contributed by atoms with Crippen LogP contribution in [0.3, 0.4) is 0 Å². The van der Waals surface area contributed by atoms with Crippen LogP contribution in [-0.4, -0.2) is 58.9 Å². The minimum atomic E-state index is -4.43. The highest BCUT2D eigenvalue weighted by Gasteiger charge is 2.43. The highest BCUT2D eigenvalue weighted by Crippen LogP contribution is 2.34. The molecule has 1 atom stereocenters. The van der Waals surface area contributed by atoms with Crippen LogP contribution in [0.1, 0.15) is 33.6 Å². The Balaban J connectivity index is 1.51. The zero-order valence-electron chi connectivity index (χ0n) is 23.5. The summed E-state index contributed by atoms with van der Waals surface area (Å²) in [7, 11) is -4.43. The first-order valence-electron chi connectivity index (χ1n) is 13.3. The molecule has 0 radical (unpaired) electrons. The van der Waals surface area contributed by atoms with E-state index in [2.05, 4.69) is 4.98 Å². The minimum Gasteiger partial charge on any atom is -0.459 e. The van der Waals surface area contributed by atoms with Crippen molar-refractivity contribution in [2.24, 2.45) is 0 Å². The first-order chi connectivity index (χ1) is 20.2. The van der Waals surface area contributed by atoms with Crippen molar-refractivity contribution in [3.05, 3.63) is 82.1 Å². The van der Waals surface area contributed by atoms with Crippen LogP contribution < -0.4 is 10.5 Å². The molecular formula is C29H28ClFN4O6S2. The molecule has 1 aliphatic rings. The number of sulfonamides is 1. The molecule has 1 saturated heterocycles. The van der Waals surface area contributed by atoms with Crippen molar-refractivity contribution in [1.29, 1.82) is 0 Å². The molecule has 3 aromatic heterocycles. The summed E-state index contributed by atoms with van der Waals surface area (Å²) in [6.07, 6.45) is 1.93. The van der Waals surface area contributed by atoms with Gasteiger partial charge in [0.2, 0.25) is 5.91 Å². The van der Waals surface area contributed by atoms with Gasteiger partial charge in [0.15, 0.2) is 0 Å². The summed E-state index contributed by atoms with van der Waals surface area (Å²) in [4.78, 5) is 44.8. The summed E-state index contributed by atoms with van der Waals surface area (Å²) in [5.41, 5.74) is -1.07. The van der Waals surface area contributed by atoms with E-state index in [-0.39, 0.29) is 39.3 Å². The molecule has 0 spiro atoms. The molecule has 1 unspecified atom stereocenters. The number of benzene rings is 1. The molecule has 0 bridgehead atoms. The summed E-state index contributed by atoms with van der Waals surface area (Å²) in [5.74, 6) is -2.30. The second-order valence-corrected chi connectivity index (χ2v) is 14.5. The van der Waals surface area contributed by atoms with Gasteiger partial charge in [-0.25, -0.2) is 17.8 Å². The van der Waals surface area contributed by atoms with Crippen molar-refractivity contribution < 1.29 is 27.1 Å². The minimum absolute atomic E-state index is 0.0715. The molecule has 10 nitrogen and oxygen atoms in total. The number of hydrogen-bond donors (Lipinski definition) is 0. The maximum Gasteiger partial charge on any atom is 0.321 e. The van der Waals surface area contributed by atoms with E-state index >= 15 is 4.39 Å². The Morgan fingerprint density at radius 2 is 1.93 bits per heavy atom. The molecule has 43 heavy (non-hydrogen) atoms. The molecule has 1 amide bonds. The Hall–Kier alpha value is -3.65. The fraction of sp³-hybridized carbons (Fsp3) is 0.310. The lowest BCUT2D eigenvalue weighted by molar-refractivity contribution is -0.155. The lowest BCUT2D eigenvalue weighted by Gasteiger charge is -2.37. The van der Waals surface area contributed by atoms with Gasteiger partial charge in [0.1, 0.15) is 38.2 Å². The molecule has 1 aliphatic heterocycles. The predicted molar refractivity (Wildman–Crippen MR) is 162 cm³/mol. The number of anilines is 1. The van der Waals surface area contributed by atoms with E-state index in [0.717, 1.165) is 21.7 Å². The van der Waals surface area contributed by atoms with Crippen LogP contribution in [0.2, 0.25) is 5.15 Å². The average Bonchev–Trinajstić information content (AvgIpc) is 3.36. The number of amides is 1. The lowest BCUT2D eigenvalue weighted by atomic mass is 10.0. The van der Waals surface area contributed by atoms with E-state index in [1.807, 2.05) is 0 Å². The Morgan fingerprint density at radius 1 is 1.16 bits per heavy atom. The number of fused-ring (bicyclic) bond motifs is 1. The number of thiophene rings is 1. The third-order valence-corrected chi connectivity index (χ3v) is 10.2. The van der Waals surface area contributed by atoms with Crippen molar-refractivity contribution in [3.8, 4) is 5.69 Å². The van der Waals surface area contributed by atoms with Crippen LogP contribution in [0.5, 0.6) is 0 Å². The van der Waals surface area contributed by atoms with Crippen molar-refractivity contribution >= 4 is 60.7 Å². The van der Waals surface area contributed by atoms with Crippen LogP contribution in [0, 0.1) is 5.82 Å². The van der Waals surface area contributed by atoms with Gasteiger partial charge in [-0.1, -0.05) is 17.7 Å². The number of nitrogens with zero attached hydrogens (tertiary/aromatic N) is 4. The summed E-state index contributed by atoms with van der Waals surface area (Å²) < 4.78 is 51.0. The highest BCUT2D eigenvalue weighted by atomic mass is 35.5. The van der Waals surface area contributed by atoms with E-state index in [9.17, 15) is 22.8 Å².